The van der Waals surface area contributed by atoms with E-state index in [1.807, 2.05) is 43.3 Å². The minimum absolute atomic E-state index is 0.180. The molecule has 2 aromatic carbocycles. The second kappa shape index (κ2) is 8.15. The van der Waals surface area contributed by atoms with Crippen molar-refractivity contribution in [1.29, 1.82) is 0 Å². The third kappa shape index (κ3) is 4.70. The van der Waals surface area contributed by atoms with Gasteiger partial charge in [-0.2, -0.15) is 0 Å². The number of fused-ring (bicyclic) bond motifs is 1. The normalized spacial score (nSPS) is 16.5. The Hall–Kier alpha value is -3.02. The number of nitrogens with zero attached hydrogens (tertiary/aromatic N) is 1. The monoisotopic (exact) mass is 397 g/mol. The maximum Gasteiger partial charge on any atom is 0.417 e. The number of ether oxygens (including phenoxy) is 3. The second-order valence-electron chi connectivity index (χ2n) is 8.17. The van der Waals surface area contributed by atoms with E-state index in [0.717, 1.165) is 16.0 Å². The van der Waals surface area contributed by atoms with Gasteiger partial charge in [0.05, 0.1) is 6.04 Å². The summed E-state index contributed by atoms with van der Waals surface area (Å²) >= 11 is 0. The molecule has 1 heterocycles. The molecular formula is C23H27NO5. The molecule has 0 radical (unpaired) electrons. The van der Waals surface area contributed by atoms with Crippen molar-refractivity contribution in [2.45, 2.75) is 52.9 Å². The lowest BCUT2D eigenvalue weighted by atomic mass is 10.1. The van der Waals surface area contributed by atoms with Crippen molar-refractivity contribution >= 4 is 12.0 Å². The predicted octanol–water partition coefficient (Wildman–Crippen LogP) is 4.73. The molecule has 0 saturated carbocycles. The molecule has 0 spiro atoms. The van der Waals surface area contributed by atoms with Crippen LogP contribution in [0.2, 0.25) is 0 Å². The van der Waals surface area contributed by atoms with Gasteiger partial charge >= 0.3 is 6.09 Å². The minimum atomic E-state index is -0.716. The molecule has 1 aliphatic rings. The second-order valence-corrected chi connectivity index (χ2v) is 8.17. The Balaban J connectivity index is 1.97. The Kier molecular flexibility index (Phi) is 5.82. The lowest BCUT2D eigenvalue weighted by molar-refractivity contribution is 0.0157. The van der Waals surface area contributed by atoms with E-state index in [9.17, 15) is 9.59 Å². The highest BCUT2D eigenvalue weighted by molar-refractivity contribution is 6.07. The molecule has 3 rings (SSSR count). The lowest BCUT2D eigenvalue weighted by Crippen LogP contribution is -2.46. The van der Waals surface area contributed by atoms with Gasteiger partial charge in [0.15, 0.2) is 0 Å². The Bertz CT molecular complexity index is 901. The Morgan fingerprint density at radius 1 is 1.17 bits per heavy atom. The fraction of sp³-hybridized carbons (Fsp3) is 0.391. The van der Waals surface area contributed by atoms with Crippen LogP contribution in [0, 0.1) is 6.92 Å². The summed E-state index contributed by atoms with van der Waals surface area (Å²) in [7, 11) is 0. The first-order valence-electron chi connectivity index (χ1n) is 9.67. The number of hydrogen-bond donors (Lipinski definition) is 0. The summed E-state index contributed by atoms with van der Waals surface area (Å²) in [5.41, 5.74) is 1.29. The fourth-order valence-corrected chi connectivity index (χ4v) is 3.09. The van der Waals surface area contributed by atoms with Crippen LogP contribution in [0.5, 0.6) is 11.5 Å². The number of hydrogen-bond acceptors (Lipinski definition) is 5. The zero-order valence-electron chi connectivity index (χ0n) is 17.5. The summed E-state index contributed by atoms with van der Waals surface area (Å²) in [5.74, 6) is 0.339. The molecule has 29 heavy (non-hydrogen) atoms. The van der Waals surface area contributed by atoms with E-state index in [2.05, 4.69) is 0 Å². The van der Waals surface area contributed by atoms with Crippen LogP contribution in [-0.2, 0) is 11.3 Å². The molecule has 0 N–H and O–H groups in total. The maximum absolute atomic E-state index is 13.4. The van der Waals surface area contributed by atoms with Crippen LogP contribution in [0.4, 0.5) is 4.79 Å². The summed E-state index contributed by atoms with van der Waals surface area (Å²) in [6.45, 7) is 9.39. The van der Waals surface area contributed by atoms with Crippen LogP contribution in [0.1, 0.15) is 49.2 Å². The predicted molar refractivity (Wildman–Crippen MR) is 109 cm³/mol. The molecule has 2 aromatic rings. The van der Waals surface area contributed by atoms with E-state index in [0.29, 0.717) is 18.1 Å². The number of carbonyl (C=O) groups excluding carboxylic acids is 2. The van der Waals surface area contributed by atoms with Gasteiger partial charge in [-0.3, -0.25) is 4.79 Å². The minimum Gasteiger partial charge on any atom is -0.490 e. The molecule has 154 valence electrons. The molecule has 0 saturated heterocycles. The topological polar surface area (TPSA) is 65.1 Å². The lowest BCUT2D eigenvalue weighted by Gasteiger charge is -2.28. The van der Waals surface area contributed by atoms with Crippen molar-refractivity contribution in [1.82, 2.24) is 4.90 Å². The molecule has 1 atom stereocenters. The van der Waals surface area contributed by atoms with E-state index in [4.69, 9.17) is 14.2 Å². The van der Waals surface area contributed by atoms with Gasteiger partial charge < -0.3 is 14.2 Å². The van der Waals surface area contributed by atoms with Crippen molar-refractivity contribution in [2.24, 2.45) is 0 Å². The average Bonchev–Trinajstić information content (AvgIpc) is 2.77. The number of aryl methyl sites for hydroxylation is 1. The average molecular weight is 397 g/mol. The molecule has 6 nitrogen and oxygen atoms in total. The molecule has 0 aliphatic carbocycles. The van der Waals surface area contributed by atoms with E-state index in [-0.39, 0.29) is 12.2 Å². The van der Waals surface area contributed by atoms with Crippen LogP contribution >= 0.6 is 0 Å². The van der Waals surface area contributed by atoms with E-state index >= 15 is 0 Å². The van der Waals surface area contributed by atoms with Crippen LogP contribution in [0.25, 0.3) is 0 Å². The molecule has 2 amide bonds. The molecule has 1 aliphatic heterocycles. The summed E-state index contributed by atoms with van der Waals surface area (Å²) in [6.07, 6.45) is -0.693. The Labute approximate surface area is 171 Å². The van der Waals surface area contributed by atoms with Gasteiger partial charge in [0, 0.05) is 0 Å². The first-order valence-corrected chi connectivity index (χ1v) is 9.67. The van der Waals surface area contributed by atoms with Gasteiger partial charge in [-0.1, -0.05) is 36.4 Å². The van der Waals surface area contributed by atoms with Gasteiger partial charge in [-0.15, -0.1) is 0 Å². The van der Waals surface area contributed by atoms with Crippen LogP contribution in [0.3, 0.4) is 0 Å². The van der Waals surface area contributed by atoms with Crippen molar-refractivity contribution in [3.63, 3.8) is 0 Å². The van der Waals surface area contributed by atoms with Crippen molar-refractivity contribution in [3.05, 3.63) is 59.2 Å². The third-order valence-electron chi connectivity index (χ3n) is 4.49. The quantitative estimate of drug-likeness (QED) is 0.749. The Morgan fingerprint density at radius 2 is 1.86 bits per heavy atom. The first-order chi connectivity index (χ1) is 13.7. The highest BCUT2D eigenvalue weighted by Gasteiger charge is 2.38. The Morgan fingerprint density at radius 3 is 2.52 bits per heavy atom. The van der Waals surface area contributed by atoms with Gasteiger partial charge in [-0.05, 0) is 51.8 Å². The summed E-state index contributed by atoms with van der Waals surface area (Å²) in [4.78, 5) is 27.3. The number of imide groups is 1. The molecular weight excluding hydrogens is 370 g/mol. The fourth-order valence-electron chi connectivity index (χ4n) is 3.09. The molecule has 0 unspecified atom stereocenters. The van der Waals surface area contributed by atoms with Crippen LogP contribution < -0.4 is 9.47 Å². The zero-order chi connectivity index (χ0) is 21.2. The van der Waals surface area contributed by atoms with Gasteiger partial charge in [0.1, 0.15) is 35.9 Å². The number of rotatable bonds is 3. The number of carbonyl (C=O) groups is 2. The number of amides is 2. The SMILES string of the molecule is Cc1ccc2c(c1OCc1ccccc1)C(=O)N(C(=O)OC(C)(C)C)[C@@H](C)CO2. The van der Waals surface area contributed by atoms with Crippen LogP contribution in [-0.4, -0.2) is 35.2 Å². The molecule has 0 bridgehead atoms. The number of benzene rings is 2. The smallest absolute Gasteiger partial charge is 0.417 e. The maximum atomic E-state index is 13.4. The summed E-state index contributed by atoms with van der Waals surface area (Å²) < 4.78 is 17.3. The molecule has 0 aromatic heterocycles. The summed E-state index contributed by atoms with van der Waals surface area (Å²) in [6, 6.07) is 12.8. The highest BCUT2D eigenvalue weighted by atomic mass is 16.6. The van der Waals surface area contributed by atoms with E-state index in [1.54, 1.807) is 33.8 Å². The van der Waals surface area contributed by atoms with Gasteiger partial charge in [0.2, 0.25) is 0 Å². The first kappa shape index (κ1) is 20.7. The standard InChI is InChI=1S/C23H27NO5/c1-15-11-12-18-19(20(15)28-14-17-9-7-6-8-10-17)21(25)24(16(2)13-27-18)22(26)29-23(3,4)5/h6-12,16H,13-14H2,1-5H3/t16-/m0/s1. The zero-order valence-corrected chi connectivity index (χ0v) is 17.5. The van der Waals surface area contributed by atoms with Crippen molar-refractivity contribution < 1.29 is 23.8 Å². The van der Waals surface area contributed by atoms with Gasteiger partial charge in [-0.25, -0.2) is 9.69 Å². The van der Waals surface area contributed by atoms with Crippen molar-refractivity contribution in [3.8, 4) is 11.5 Å². The van der Waals surface area contributed by atoms with E-state index < -0.39 is 23.6 Å². The largest absolute Gasteiger partial charge is 0.490 e. The van der Waals surface area contributed by atoms with E-state index in [1.165, 1.54) is 0 Å². The third-order valence-corrected chi connectivity index (χ3v) is 4.49. The molecule has 6 heteroatoms. The summed E-state index contributed by atoms with van der Waals surface area (Å²) in [5, 5.41) is 0. The van der Waals surface area contributed by atoms with Crippen molar-refractivity contribution in [2.75, 3.05) is 6.61 Å². The highest BCUT2D eigenvalue weighted by Crippen LogP contribution is 2.36. The molecule has 0 fully saturated rings. The van der Waals surface area contributed by atoms with Crippen LogP contribution in [0.15, 0.2) is 42.5 Å². The van der Waals surface area contributed by atoms with Gasteiger partial charge in [0.25, 0.3) is 5.91 Å².